The lowest BCUT2D eigenvalue weighted by Gasteiger charge is -2.38. The van der Waals surface area contributed by atoms with Crippen LogP contribution in [0.25, 0.3) is 0 Å². The highest BCUT2D eigenvalue weighted by molar-refractivity contribution is 7.89. The van der Waals surface area contributed by atoms with Gasteiger partial charge in [-0.2, -0.15) is 17.5 Å². The molecule has 0 bridgehead atoms. The standard InChI is InChI=1S/C14H17F4NO3S/c1-9-3-2-6-19(12(9)8-20)23(21,22)13-7-10(14(16,17)18)4-5-11(13)15/h4-5,7,9,12,20H,2-3,6,8H2,1H3. The Morgan fingerprint density at radius 2 is 2.00 bits per heavy atom. The van der Waals surface area contributed by atoms with Crippen molar-refractivity contribution >= 4 is 10.0 Å². The predicted molar refractivity (Wildman–Crippen MR) is 74.6 cm³/mol. The number of aliphatic hydroxyl groups is 1. The van der Waals surface area contributed by atoms with Crippen LogP contribution in [-0.4, -0.2) is 37.0 Å². The van der Waals surface area contributed by atoms with Gasteiger partial charge in [-0.1, -0.05) is 6.92 Å². The lowest BCUT2D eigenvalue weighted by Crippen LogP contribution is -2.49. The van der Waals surface area contributed by atoms with E-state index < -0.39 is 45.1 Å². The van der Waals surface area contributed by atoms with Crippen LogP contribution in [0.5, 0.6) is 0 Å². The lowest BCUT2D eigenvalue weighted by molar-refractivity contribution is -0.137. The molecule has 0 radical (unpaired) electrons. The van der Waals surface area contributed by atoms with Crippen molar-refractivity contribution in [3.05, 3.63) is 29.6 Å². The first-order valence-corrected chi connectivity index (χ1v) is 8.52. The zero-order valence-electron chi connectivity index (χ0n) is 12.3. The minimum Gasteiger partial charge on any atom is -0.395 e. The van der Waals surface area contributed by atoms with E-state index in [0.717, 1.165) is 4.31 Å². The summed E-state index contributed by atoms with van der Waals surface area (Å²) in [5.41, 5.74) is -1.23. The van der Waals surface area contributed by atoms with Crippen molar-refractivity contribution in [1.29, 1.82) is 0 Å². The first kappa shape index (κ1) is 18.2. The van der Waals surface area contributed by atoms with Crippen LogP contribution in [0.1, 0.15) is 25.3 Å². The molecule has 2 atom stereocenters. The van der Waals surface area contributed by atoms with E-state index in [1.54, 1.807) is 6.92 Å². The molecule has 0 amide bonds. The summed E-state index contributed by atoms with van der Waals surface area (Å²) < 4.78 is 78.3. The van der Waals surface area contributed by atoms with Crippen molar-refractivity contribution < 1.29 is 31.1 Å². The monoisotopic (exact) mass is 355 g/mol. The third-order valence-electron chi connectivity index (χ3n) is 4.10. The zero-order chi connectivity index (χ0) is 17.4. The SMILES string of the molecule is CC1CCCN(S(=O)(=O)c2cc(C(F)(F)F)ccc2F)C1CO. The summed E-state index contributed by atoms with van der Waals surface area (Å²) in [6.07, 6.45) is -3.59. The maximum Gasteiger partial charge on any atom is 0.416 e. The molecular formula is C14H17F4NO3S. The highest BCUT2D eigenvalue weighted by atomic mass is 32.2. The summed E-state index contributed by atoms with van der Waals surface area (Å²) in [4.78, 5) is -1.01. The molecule has 9 heteroatoms. The van der Waals surface area contributed by atoms with Crippen molar-refractivity contribution in [3.63, 3.8) is 0 Å². The van der Waals surface area contributed by atoms with Gasteiger partial charge in [-0.25, -0.2) is 12.8 Å². The summed E-state index contributed by atoms with van der Waals surface area (Å²) in [5.74, 6) is -1.41. The summed E-state index contributed by atoms with van der Waals surface area (Å²) >= 11 is 0. The summed E-state index contributed by atoms with van der Waals surface area (Å²) in [6, 6.07) is 0.522. The van der Waals surface area contributed by atoms with Gasteiger partial charge in [-0.05, 0) is 37.0 Å². The van der Waals surface area contributed by atoms with E-state index in [1.807, 2.05) is 0 Å². The normalized spacial score (nSPS) is 23.9. The second kappa shape index (κ2) is 6.37. The van der Waals surface area contributed by atoms with Crippen molar-refractivity contribution in [2.24, 2.45) is 5.92 Å². The number of halogens is 4. The van der Waals surface area contributed by atoms with Gasteiger partial charge in [-0.3, -0.25) is 0 Å². The highest BCUT2D eigenvalue weighted by Gasteiger charge is 2.39. The fourth-order valence-corrected chi connectivity index (χ4v) is 4.63. The Morgan fingerprint density at radius 1 is 1.35 bits per heavy atom. The molecule has 1 saturated heterocycles. The first-order chi connectivity index (χ1) is 10.6. The van der Waals surface area contributed by atoms with E-state index >= 15 is 0 Å². The van der Waals surface area contributed by atoms with E-state index in [2.05, 4.69) is 0 Å². The highest BCUT2D eigenvalue weighted by Crippen LogP contribution is 2.34. The molecule has 1 aliphatic heterocycles. The quantitative estimate of drug-likeness (QED) is 0.848. The maximum atomic E-state index is 13.9. The number of aliphatic hydroxyl groups excluding tert-OH is 1. The summed E-state index contributed by atoms with van der Waals surface area (Å²) in [7, 11) is -4.47. The third-order valence-corrected chi connectivity index (χ3v) is 6.04. The molecule has 0 aliphatic carbocycles. The molecule has 1 N–H and O–H groups in total. The van der Waals surface area contributed by atoms with Crippen LogP contribution in [0.3, 0.4) is 0 Å². The number of alkyl halides is 3. The van der Waals surface area contributed by atoms with Crippen LogP contribution < -0.4 is 0 Å². The van der Waals surface area contributed by atoms with Gasteiger partial charge >= 0.3 is 6.18 Å². The van der Waals surface area contributed by atoms with Gasteiger partial charge in [0.15, 0.2) is 0 Å². The van der Waals surface area contributed by atoms with Crippen molar-refractivity contribution in [2.45, 2.75) is 36.9 Å². The number of piperidine rings is 1. The van der Waals surface area contributed by atoms with Gasteiger partial charge in [0.25, 0.3) is 0 Å². The van der Waals surface area contributed by atoms with E-state index in [0.29, 0.717) is 31.0 Å². The Bertz CT molecular complexity index is 675. The molecule has 130 valence electrons. The Kier molecular flexibility index (Phi) is 5.03. The van der Waals surface area contributed by atoms with E-state index in [-0.39, 0.29) is 12.5 Å². The molecule has 1 fully saturated rings. The number of hydrogen-bond donors (Lipinski definition) is 1. The average Bonchev–Trinajstić information content (AvgIpc) is 2.45. The van der Waals surface area contributed by atoms with Gasteiger partial charge in [0.05, 0.1) is 18.2 Å². The second-order valence-corrected chi connectivity index (χ2v) is 7.49. The van der Waals surface area contributed by atoms with Gasteiger partial charge in [0.2, 0.25) is 10.0 Å². The third kappa shape index (κ3) is 3.51. The van der Waals surface area contributed by atoms with Gasteiger partial charge < -0.3 is 5.11 Å². The van der Waals surface area contributed by atoms with Gasteiger partial charge in [-0.15, -0.1) is 0 Å². The van der Waals surface area contributed by atoms with E-state index in [9.17, 15) is 31.1 Å². The van der Waals surface area contributed by atoms with Crippen molar-refractivity contribution in [1.82, 2.24) is 4.31 Å². The molecule has 2 unspecified atom stereocenters. The lowest BCUT2D eigenvalue weighted by atomic mass is 9.93. The molecule has 4 nitrogen and oxygen atoms in total. The van der Waals surface area contributed by atoms with Crippen molar-refractivity contribution in [2.75, 3.05) is 13.2 Å². The smallest absolute Gasteiger partial charge is 0.395 e. The predicted octanol–water partition coefficient (Wildman–Crippen LogP) is 2.63. The average molecular weight is 355 g/mol. The number of rotatable bonds is 3. The molecule has 1 heterocycles. The Labute approximate surface area is 131 Å². The number of nitrogens with zero attached hydrogens (tertiary/aromatic N) is 1. The topological polar surface area (TPSA) is 57.6 Å². The molecule has 1 aromatic carbocycles. The number of hydrogen-bond acceptors (Lipinski definition) is 3. The number of sulfonamides is 1. The Hall–Kier alpha value is -1.19. The van der Waals surface area contributed by atoms with Crippen LogP contribution in [-0.2, 0) is 16.2 Å². The van der Waals surface area contributed by atoms with E-state index in [1.165, 1.54) is 0 Å². The molecule has 0 spiro atoms. The summed E-state index contributed by atoms with van der Waals surface area (Å²) in [6.45, 7) is 1.31. The second-order valence-electron chi connectivity index (χ2n) is 5.63. The Morgan fingerprint density at radius 3 is 2.57 bits per heavy atom. The largest absolute Gasteiger partial charge is 0.416 e. The van der Waals surface area contributed by atoms with Crippen LogP contribution in [0.2, 0.25) is 0 Å². The molecule has 23 heavy (non-hydrogen) atoms. The van der Waals surface area contributed by atoms with Crippen LogP contribution in [0.4, 0.5) is 17.6 Å². The first-order valence-electron chi connectivity index (χ1n) is 7.08. The molecule has 0 saturated carbocycles. The van der Waals surface area contributed by atoms with Crippen molar-refractivity contribution in [3.8, 4) is 0 Å². The van der Waals surface area contributed by atoms with Gasteiger partial charge in [0.1, 0.15) is 10.7 Å². The molecule has 1 aromatic rings. The molecule has 1 aliphatic rings. The van der Waals surface area contributed by atoms with Crippen LogP contribution in [0, 0.1) is 11.7 Å². The minimum absolute atomic E-state index is 0.0353. The molecular weight excluding hydrogens is 338 g/mol. The van der Waals surface area contributed by atoms with E-state index in [4.69, 9.17) is 0 Å². The minimum atomic E-state index is -4.77. The fourth-order valence-electron chi connectivity index (χ4n) is 2.78. The fraction of sp³-hybridized carbons (Fsp3) is 0.571. The molecule has 2 rings (SSSR count). The summed E-state index contributed by atoms with van der Waals surface area (Å²) in [5, 5.41) is 9.42. The number of benzene rings is 1. The zero-order valence-corrected chi connectivity index (χ0v) is 13.2. The van der Waals surface area contributed by atoms with Crippen LogP contribution >= 0.6 is 0 Å². The van der Waals surface area contributed by atoms with Gasteiger partial charge in [0, 0.05) is 6.54 Å². The van der Waals surface area contributed by atoms with Crippen LogP contribution in [0.15, 0.2) is 23.1 Å². The molecule has 0 aromatic heterocycles. The maximum absolute atomic E-state index is 13.9. The Balaban J connectivity index is 2.51.